The first-order valence-electron chi connectivity index (χ1n) is 15.5. The van der Waals surface area contributed by atoms with Gasteiger partial charge in [0.15, 0.2) is 0 Å². The Balaban J connectivity index is 1.20. The maximum Gasteiger partial charge on any atom is 0.143 e. The molecule has 3 N–H and O–H groups in total. The van der Waals surface area contributed by atoms with Gasteiger partial charge in [-0.3, -0.25) is 16.0 Å². The predicted octanol–water partition coefficient (Wildman–Crippen LogP) is 9.74. The van der Waals surface area contributed by atoms with Crippen molar-refractivity contribution in [1.82, 2.24) is 16.0 Å². The van der Waals surface area contributed by atoms with Crippen LogP contribution in [-0.2, 0) is 0 Å². The van der Waals surface area contributed by atoms with Crippen LogP contribution in [0, 0.1) is 0 Å². The molecule has 8 aromatic rings. The van der Waals surface area contributed by atoms with E-state index in [4.69, 9.17) is 4.42 Å². The van der Waals surface area contributed by atoms with Crippen molar-refractivity contribution < 1.29 is 4.42 Å². The molecule has 0 saturated carbocycles. The van der Waals surface area contributed by atoms with Crippen molar-refractivity contribution in [2.45, 2.75) is 18.5 Å². The minimum atomic E-state index is -0.151. The second kappa shape index (κ2) is 10.7. The summed E-state index contributed by atoms with van der Waals surface area (Å²) < 4.78 is 6.68. The van der Waals surface area contributed by atoms with Crippen LogP contribution < -0.4 is 16.0 Å². The van der Waals surface area contributed by atoms with Gasteiger partial charge in [0.25, 0.3) is 0 Å². The van der Waals surface area contributed by atoms with E-state index in [1.165, 1.54) is 32.7 Å². The topological polar surface area (TPSA) is 49.2 Å². The molecule has 7 aromatic carbocycles. The van der Waals surface area contributed by atoms with Crippen LogP contribution in [0.1, 0.15) is 35.2 Å². The number of rotatable bonds is 4. The Hall–Kier alpha value is -5.26. The van der Waals surface area contributed by atoms with E-state index >= 15 is 0 Å². The van der Waals surface area contributed by atoms with E-state index in [0.29, 0.717) is 0 Å². The third-order valence-corrected chi connectivity index (χ3v) is 9.17. The first-order valence-corrected chi connectivity index (χ1v) is 15.5. The molecule has 3 unspecified atom stereocenters. The molecule has 1 aliphatic rings. The van der Waals surface area contributed by atoms with Crippen molar-refractivity contribution in [3.63, 3.8) is 0 Å². The lowest BCUT2D eigenvalue weighted by Crippen LogP contribution is -2.54. The average molecular weight is 582 g/mol. The number of fused-ring (bicyclic) bond motifs is 5. The first kappa shape index (κ1) is 26.2. The number of hydrogen-bond acceptors (Lipinski definition) is 4. The quantitative estimate of drug-likeness (QED) is 0.194. The van der Waals surface area contributed by atoms with E-state index in [2.05, 4.69) is 162 Å². The van der Waals surface area contributed by atoms with Crippen LogP contribution >= 0.6 is 0 Å². The van der Waals surface area contributed by atoms with Gasteiger partial charge in [0, 0.05) is 16.3 Å². The van der Waals surface area contributed by atoms with Crippen LogP contribution in [0.3, 0.4) is 0 Å². The molecule has 216 valence electrons. The Labute approximate surface area is 261 Å². The molecule has 4 heteroatoms. The van der Waals surface area contributed by atoms with Gasteiger partial charge in [-0.25, -0.2) is 0 Å². The van der Waals surface area contributed by atoms with Crippen molar-refractivity contribution >= 4 is 43.5 Å². The summed E-state index contributed by atoms with van der Waals surface area (Å²) in [5, 5.41) is 18.8. The van der Waals surface area contributed by atoms with Gasteiger partial charge in [-0.2, -0.15) is 0 Å². The van der Waals surface area contributed by atoms with Crippen molar-refractivity contribution in [1.29, 1.82) is 0 Å². The highest BCUT2D eigenvalue weighted by atomic mass is 16.3. The molecule has 9 rings (SSSR count). The van der Waals surface area contributed by atoms with Crippen LogP contribution in [0.15, 0.2) is 156 Å². The molecule has 0 amide bonds. The monoisotopic (exact) mass is 581 g/mol. The molecule has 0 bridgehead atoms. The van der Waals surface area contributed by atoms with Gasteiger partial charge in [-0.15, -0.1) is 0 Å². The molecule has 3 atom stereocenters. The lowest BCUT2D eigenvalue weighted by atomic mass is 9.94. The number of hydrogen-bond donors (Lipinski definition) is 3. The lowest BCUT2D eigenvalue weighted by molar-refractivity contribution is 0.204. The van der Waals surface area contributed by atoms with Gasteiger partial charge in [0.1, 0.15) is 11.2 Å². The highest BCUT2D eigenvalue weighted by Crippen LogP contribution is 2.41. The molecule has 0 spiro atoms. The number of para-hydroxylation sites is 1. The van der Waals surface area contributed by atoms with Crippen molar-refractivity contribution in [2.24, 2.45) is 0 Å². The molecule has 1 aliphatic heterocycles. The molecule has 1 aromatic heterocycles. The summed E-state index contributed by atoms with van der Waals surface area (Å²) in [6.45, 7) is 0. The van der Waals surface area contributed by atoms with Gasteiger partial charge >= 0.3 is 0 Å². The standard InChI is InChI=1S/C41H31N3O/c1-2-12-28(13-3-1)39-42-40(32-21-19-27-11-5-7-15-30(27)25-32)44-41(43-39)35-23-22-33(31-20-18-26-10-4-6-14-29(26)24-31)38-37(35)34-16-8-9-17-36(34)45-38/h1-25,39-44H. The summed E-state index contributed by atoms with van der Waals surface area (Å²) in [6, 6.07) is 53.9. The smallest absolute Gasteiger partial charge is 0.143 e. The number of benzene rings is 7. The summed E-state index contributed by atoms with van der Waals surface area (Å²) >= 11 is 0. The maximum atomic E-state index is 6.68. The third-order valence-electron chi connectivity index (χ3n) is 9.17. The van der Waals surface area contributed by atoms with E-state index < -0.39 is 0 Å². The fraction of sp³-hybridized carbons (Fsp3) is 0.0732. The zero-order chi connectivity index (χ0) is 29.7. The van der Waals surface area contributed by atoms with Gasteiger partial charge in [0.2, 0.25) is 0 Å². The second-order valence-corrected chi connectivity index (χ2v) is 11.9. The Morgan fingerprint density at radius 1 is 0.444 bits per heavy atom. The highest BCUT2D eigenvalue weighted by Gasteiger charge is 2.32. The summed E-state index contributed by atoms with van der Waals surface area (Å²) in [6.07, 6.45) is -0.302. The summed E-state index contributed by atoms with van der Waals surface area (Å²) in [5.41, 5.74) is 7.58. The van der Waals surface area contributed by atoms with Crippen LogP contribution in [0.25, 0.3) is 54.6 Å². The van der Waals surface area contributed by atoms with Crippen molar-refractivity contribution in [2.75, 3.05) is 0 Å². The van der Waals surface area contributed by atoms with Gasteiger partial charge in [-0.1, -0.05) is 133 Å². The Bertz CT molecular complexity index is 2340. The van der Waals surface area contributed by atoms with Crippen molar-refractivity contribution in [3.05, 3.63) is 168 Å². The Morgan fingerprint density at radius 2 is 1.07 bits per heavy atom. The fourth-order valence-corrected chi connectivity index (χ4v) is 6.92. The molecule has 0 radical (unpaired) electrons. The maximum absolute atomic E-state index is 6.68. The molecule has 1 fully saturated rings. The van der Waals surface area contributed by atoms with Gasteiger partial charge < -0.3 is 4.42 Å². The van der Waals surface area contributed by atoms with E-state index in [9.17, 15) is 0 Å². The van der Waals surface area contributed by atoms with Gasteiger partial charge in [0.05, 0.1) is 18.5 Å². The van der Waals surface area contributed by atoms with Crippen LogP contribution in [0.5, 0.6) is 0 Å². The lowest BCUT2D eigenvalue weighted by Gasteiger charge is -2.40. The summed E-state index contributed by atoms with van der Waals surface area (Å²) in [4.78, 5) is 0. The predicted molar refractivity (Wildman–Crippen MR) is 185 cm³/mol. The van der Waals surface area contributed by atoms with E-state index in [1.807, 2.05) is 6.07 Å². The minimum Gasteiger partial charge on any atom is -0.455 e. The normalized spacial score (nSPS) is 18.6. The SMILES string of the molecule is c1ccc(C2NC(c3ccc4ccccc4c3)NC(c3ccc(-c4ccc5ccccc5c4)c4oc5ccccc5c34)N2)cc1. The Kier molecular flexibility index (Phi) is 6.23. The highest BCUT2D eigenvalue weighted by molar-refractivity contribution is 6.11. The third kappa shape index (κ3) is 4.59. The van der Waals surface area contributed by atoms with E-state index in [1.54, 1.807) is 0 Å². The molecule has 2 heterocycles. The zero-order valence-electron chi connectivity index (χ0n) is 24.6. The van der Waals surface area contributed by atoms with Crippen LogP contribution in [0.4, 0.5) is 0 Å². The molecular formula is C41H31N3O. The molecule has 45 heavy (non-hydrogen) atoms. The summed E-state index contributed by atoms with van der Waals surface area (Å²) in [5.74, 6) is 0. The van der Waals surface area contributed by atoms with Crippen LogP contribution in [0.2, 0.25) is 0 Å². The molecular weight excluding hydrogens is 550 g/mol. The second-order valence-electron chi connectivity index (χ2n) is 11.9. The largest absolute Gasteiger partial charge is 0.455 e. The summed E-state index contributed by atoms with van der Waals surface area (Å²) in [7, 11) is 0. The van der Waals surface area contributed by atoms with Crippen molar-refractivity contribution in [3.8, 4) is 11.1 Å². The van der Waals surface area contributed by atoms with Crippen LogP contribution in [-0.4, -0.2) is 0 Å². The number of furan rings is 1. The molecule has 0 aliphatic carbocycles. The Morgan fingerprint density at radius 3 is 1.87 bits per heavy atom. The van der Waals surface area contributed by atoms with Gasteiger partial charge in [-0.05, 0) is 62.0 Å². The first-order chi connectivity index (χ1) is 22.3. The zero-order valence-corrected chi connectivity index (χ0v) is 24.6. The molecule has 1 saturated heterocycles. The molecule has 4 nitrogen and oxygen atoms in total. The number of nitrogens with one attached hydrogen (secondary N) is 3. The van der Waals surface area contributed by atoms with E-state index in [0.717, 1.165) is 38.6 Å². The fourth-order valence-electron chi connectivity index (χ4n) is 6.92. The average Bonchev–Trinajstić information content (AvgIpc) is 3.51. The minimum absolute atomic E-state index is 0.0673. The van der Waals surface area contributed by atoms with E-state index in [-0.39, 0.29) is 18.5 Å².